The van der Waals surface area contributed by atoms with Crippen molar-refractivity contribution in [1.82, 2.24) is 9.97 Å². The normalized spacial score (nSPS) is 13.1. The lowest BCUT2D eigenvalue weighted by Crippen LogP contribution is -2.23. The number of furan rings is 1. The number of hydrogen-bond donors (Lipinski definition) is 0. The van der Waals surface area contributed by atoms with E-state index in [-0.39, 0.29) is 29.1 Å². The van der Waals surface area contributed by atoms with Crippen LogP contribution in [0.25, 0.3) is 27.8 Å². The second-order valence-electron chi connectivity index (χ2n) is 10.2. The van der Waals surface area contributed by atoms with E-state index in [1.165, 1.54) is 12.4 Å². The zero-order valence-electron chi connectivity index (χ0n) is 23.5. The molecule has 0 bridgehead atoms. The van der Waals surface area contributed by atoms with Gasteiger partial charge in [-0.25, -0.2) is 14.4 Å². The fraction of sp³-hybridized carbons (Fsp3) is 0.387. The number of carbonyl (C=O) groups excluding carboxylic acids is 1. The average Bonchev–Trinajstić information content (AvgIpc) is 3.29. The van der Waals surface area contributed by atoms with E-state index in [2.05, 4.69) is 16.5 Å². The third-order valence-corrected chi connectivity index (χ3v) is 5.80. The average molecular weight is 537 g/mol. The zero-order valence-corrected chi connectivity index (χ0v) is 23.5. The number of benzene rings is 1. The molecule has 39 heavy (non-hydrogen) atoms. The van der Waals surface area contributed by atoms with Crippen molar-refractivity contribution in [2.45, 2.75) is 72.0 Å². The van der Waals surface area contributed by atoms with E-state index in [4.69, 9.17) is 18.6 Å². The number of unbranched alkanes of at least 4 members (excludes halogenated alkanes) is 1. The number of methoxy groups -OCH3 is 1. The first-order valence-corrected chi connectivity index (χ1v) is 13.0. The van der Waals surface area contributed by atoms with Crippen LogP contribution in [0.15, 0.2) is 65.6 Å². The highest BCUT2D eigenvalue weighted by Crippen LogP contribution is 2.43. The molecule has 0 aliphatic heterocycles. The second-order valence-corrected chi connectivity index (χ2v) is 10.2. The Bertz CT molecular complexity index is 1350. The van der Waals surface area contributed by atoms with Gasteiger partial charge in [-0.3, -0.25) is 4.79 Å². The summed E-state index contributed by atoms with van der Waals surface area (Å²) in [4.78, 5) is 20.7. The largest absolute Gasteiger partial charge is 0.497 e. The van der Waals surface area contributed by atoms with Crippen molar-refractivity contribution >= 4 is 22.6 Å². The minimum absolute atomic E-state index is 0.0815. The minimum atomic E-state index is -0.532. The van der Waals surface area contributed by atoms with Crippen LogP contribution in [0.5, 0.6) is 11.6 Å². The monoisotopic (exact) mass is 536 g/mol. The second kappa shape index (κ2) is 13.2. The summed E-state index contributed by atoms with van der Waals surface area (Å²) in [7, 11) is 1.59. The lowest BCUT2D eigenvalue weighted by atomic mass is 9.99. The van der Waals surface area contributed by atoms with Gasteiger partial charge >= 0.3 is 5.97 Å². The molecule has 3 rings (SSSR count). The van der Waals surface area contributed by atoms with Gasteiger partial charge in [-0.15, -0.1) is 0 Å². The zero-order chi connectivity index (χ0) is 28.6. The summed E-state index contributed by atoms with van der Waals surface area (Å²) >= 11 is 0. The summed E-state index contributed by atoms with van der Waals surface area (Å²) in [5.41, 5.74) is 1.17. The number of halogens is 1. The number of ether oxygens (including phenoxy) is 3. The molecule has 1 atom stereocenters. The maximum atomic E-state index is 15.0. The van der Waals surface area contributed by atoms with Crippen LogP contribution in [0.4, 0.5) is 4.39 Å². The molecule has 2 aromatic heterocycles. The number of rotatable bonds is 12. The number of nitrogens with zero attached hydrogens (tertiary/aromatic N) is 2. The van der Waals surface area contributed by atoms with Crippen molar-refractivity contribution < 1.29 is 27.8 Å². The molecule has 7 nitrogen and oxygen atoms in total. The fourth-order valence-electron chi connectivity index (χ4n) is 3.97. The molecule has 0 fully saturated rings. The van der Waals surface area contributed by atoms with Crippen LogP contribution >= 0.6 is 0 Å². The van der Waals surface area contributed by atoms with E-state index >= 15 is 0 Å². The quantitative estimate of drug-likeness (QED) is 0.132. The molecule has 0 aliphatic rings. The van der Waals surface area contributed by atoms with Gasteiger partial charge in [0.2, 0.25) is 11.6 Å². The highest BCUT2D eigenvalue weighted by Gasteiger charge is 2.25. The summed E-state index contributed by atoms with van der Waals surface area (Å²) < 4.78 is 37.9. The molecule has 0 unspecified atom stereocenters. The van der Waals surface area contributed by atoms with Crippen LogP contribution in [0, 0.1) is 0 Å². The van der Waals surface area contributed by atoms with E-state index in [1.54, 1.807) is 26.2 Å². The summed E-state index contributed by atoms with van der Waals surface area (Å²) in [6.45, 7) is 13.2. The Morgan fingerprint density at radius 2 is 1.90 bits per heavy atom. The van der Waals surface area contributed by atoms with Crippen molar-refractivity contribution in [2.24, 2.45) is 0 Å². The topological polar surface area (TPSA) is 83.7 Å². The predicted molar refractivity (Wildman–Crippen MR) is 151 cm³/mol. The van der Waals surface area contributed by atoms with Gasteiger partial charge in [0.05, 0.1) is 13.2 Å². The van der Waals surface area contributed by atoms with Crippen molar-refractivity contribution in [2.75, 3.05) is 7.11 Å². The van der Waals surface area contributed by atoms with Crippen molar-refractivity contribution in [3.8, 4) is 22.8 Å². The number of carbonyl (C=O) groups is 1. The summed E-state index contributed by atoms with van der Waals surface area (Å²) in [6.07, 6.45) is 8.30. The van der Waals surface area contributed by atoms with Gasteiger partial charge in [-0.2, -0.15) is 0 Å². The van der Waals surface area contributed by atoms with Gasteiger partial charge in [-0.05, 0) is 77.7 Å². The SMILES string of the molecule is C=C(/C(F)=C\C=C/C)c1oc2ncnc(O[C@H](C)CCCCC(=O)OC(C)(C)C)c2c1-c1ccc(OC)cc1. The van der Waals surface area contributed by atoms with Gasteiger partial charge in [0.15, 0.2) is 0 Å². The molecular weight excluding hydrogens is 499 g/mol. The standard InChI is InChI=1S/C31H37FN2O5/c1-8-9-13-24(32)21(3)28-26(22-15-17-23(36-7)18-16-22)27-29(33-19-34-30(27)38-28)37-20(2)12-10-11-14-25(35)39-31(4,5)6/h8-9,13,15-20H,3,10-12,14H2,1-2,4-7H3/b9-8-,24-13+/t20-/m1/s1. The molecule has 0 saturated carbocycles. The Morgan fingerprint density at radius 1 is 1.18 bits per heavy atom. The summed E-state index contributed by atoms with van der Waals surface area (Å²) in [5, 5.41) is 0.526. The highest BCUT2D eigenvalue weighted by atomic mass is 19.1. The molecule has 8 heteroatoms. The van der Waals surface area contributed by atoms with Crippen molar-refractivity contribution in [3.05, 3.63) is 67.0 Å². The maximum absolute atomic E-state index is 15.0. The van der Waals surface area contributed by atoms with Crippen LogP contribution in [0.3, 0.4) is 0 Å². The Hall–Kier alpha value is -3.94. The molecule has 2 heterocycles. The van der Waals surface area contributed by atoms with Crippen LogP contribution in [-0.4, -0.2) is 34.8 Å². The molecule has 208 valence electrons. The Kier molecular flexibility index (Phi) is 10.0. The van der Waals surface area contributed by atoms with Crippen LogP contribution in [0.1, 0.15) is 66.1 Å². The summed E-state index contributed by atoms with van der Waals surface area (Å²) in [6, 6.07) is 7.32. The molecule has 0 saturated heterocycles. The molecule has 3 aromatic rings. The molecule has 0 aliphatic carbocycles. The smallest absolute Gasteiger partial charge is 0.306 e. The summed E-state index contributed by atoms with van der Waals surface area (Å²) in [5.74, 6) is 0.504. The maximum Gasteiger partial charge on any atom is 0.306 e. The first-order chi connectivity index (χ1) is 18.5. The number of allylic oxidation sites excluding steroid dienone is 5. The first kappa shape index (κ1) is 29.6. The van der Waals surface area contributed by atoms with Crippen LogP contribution in [0.2, 0.25) is 0 Å². The van der Waals surface area contributed by atoms with Gasteiger partial charge in [-0.1, -0.05) is 30.9 Å². The van der Waals surface area contributed by atoms with E-state index in [9.17, 15) is 9.18 Å². The molecular formula is C31H37FN2O5. The lowest BCUT2D eigenvalue weighted by molar-refractivity contribution is -0.154. The van der Waals surface area contributed by atoms with Gasteiger partial charge in [0.1, 0.15) is 34.7 Å². The number of fused-ring (bicyclic) bond motifs is 1. The van der Waals surface area contributed by atoms with Crippen LogP contribution in [-0.2, 0) is 9.53 Å². The third-order valence-electron chi connectivity index (χ3n) is 5.80. The molecule has 0 amide bonds. The van der Waals surface area contributed by atoms with Crippen molar-refractivity contribution in [3.63, 3.8) is 0 Å². The van der Waals surface area contributed by atoms with E-state index < -0.39 is 11.4 Å². The Morgan fingerprint density at radius 3 is 2.54 bits per heavy atom. The molecule has 0 radical (unpaired) electrons. The highest BCUT2D eigenvalue weighted by molar-refractivity contribution is 6.02. The third kappa shape index (κ3) is 8.02. The lowest BCUT2D eigenvalue weighted by Gasteiger charge is -2.19. The molecule has 1 aromatic carbocycles. The van der Waals surface area contributed by atoms with Gasteiger partial charge in [0.25, 0.3) is 0 Å². The van der Waals surface area contributed by atoms with E-state index in [1.807, 2.05) is 52.0 Å². The Labute approximate surface area is 229 Å². The molecule has 0 N–H and O–H groups in total. The number of hydrogen-bond acceptors (Lipinski definition) is 7. The number of esters is 1. The fourth-order valence-corrected chi connectivity index (χ4v) is 3.97. The van der Waals surface area contributed by atoms with E-state index in [0.717, 1.165) is 12.0 Å². The van der Waals surface area contributed by atoms with Crippen LogP contribution < -0.4 is 9.47 Å². The molecule has 0 spiro atoms. The Balaban J connectivity index is 1.90. The number of aromatic nitrogens is 2. The van der Waals surface area contributed by atoms with E-state index in [0.29, 0.717) is 41.8 Å². The predicted octanol–water partition coefficient (Wildman–Crippen LogP) is 8.01. The first-order valence-electron chi connectivity index (χ1n) is 13.0. The van der Waals surface area contributed by atoms with Crippen molar-refractivity contribution in [1.29, 1.82) is 0 Å². The van der Waals surface area contributed by atoms with Gasteiger partial charge < -0.3 is 18.6 Å². The van der Waals surface area contributed by atoms with Gasteiger partial charge in [0, 0.05) is 17.6 Å². The minimum Gasteiger partial charge on any atom is -0.497 e.